The van der Waals surface area contributed by atoms with Crippen molar-refractivity contribution in [2.24, 2.45) is 0 Å². The zero-order chi connectivity index (χ0) is 29.9. The molecule has 0 saturated heterocycles. The highest BCUT2D eigenvalue weighted by molar-refractivity contribution is 7.10. The summed E-state index contributed by atoms with van der Waals surface area (Å²) in [4.78, 5) is 27.6. The highest BCUT2D eigenvalue weighted by Crippen LogP contribution is 2.31. The third-order valence-electron chi connectivity index (χ3n) is 6.49. The Morgan fingerprint density at radius 3 is 1.33 bits per heavy atom. The third kappa shape index (κ3) is 9.15. The van der Waals surface area contributed by atoms with Crippen LogP contribution in [-0.4, -0.2) is 38.5 Å². The van der Waals surface area contributed by atoms with Crippen LogP contribution in [0.15, 0.2) is 83.6 Å². The van der Waals surface area contributed by atoms with Crippen molar-refractivity contribution in [3.63, 3.8) is 0 Å². The average molecular weight is 609 g/mol. The maximum absolute atomic E-state index is 12.8. The molecule has 42 heavy (non-hydrogen) atoms. The fraction of sp³-hybridized carbons (Fsp3) is 0.312. The molecule has 0 spiro atoms. The van der Waals surface area contributed by atoms with E-state index in [0.29, 0.717) is 11.5 Å². The molecule has 0 aliphatic rings. The Hall–Kier alpha value is -3.70. The number of aryl methyl sites for hydroxylation is 2. The number of carbonyl (C=O) groups excluding carboxylic acids is 2. The molecule has 0 aliphatic heterocycles. The number of benzene rings is 2. The first-order chi connectivity index (χ1) is 20.3. The van der Waals surface area contributed by atoms with Gasteiger partial charge in [-0.1, -0.05) is 47.5 Å². The second-order valence-electron chi connectivity index (χ2n) is 9.71. The molecule has 0 amide bonds. The number of carbonyl (C=O) groups is 2. The molecule has 10 heteroatoms. The van der Waals surface area contributed by atoms with Crippen molar-refractivity contribution in [1.82, 2.24) is 10.6 Å². The van der Waals surface area contributed by atoms with Gasteiger partial charge in [0.05, 0.1) is 0 Å². The van der Waals surface area contributed by atoms with Gasteiger partial charge in [-0.2, -0.15) is 0 Å². The molecule has 0 fully saturated rings. The molecular formula is C32H36N2O6S2. The molecule has 0 radical (unpaired) electrons. The van der Waals surface area contributed by atoms with Gasteiger partial charge in [0, 0.05) is 22.6 Å². The molecule has 2 aromatic carbocycles. The fourth-order valence-corrected chi connectivity index (χ4v) is 5.68. The summed E-state index contributed by atoms with van der Waals surface area (Å²) < 4.78 is 23.5. The summed E-state index contributed by atoms with van der Waals surface area (Å²) in [7, 11) is 3.32. The Balaban J connectivity index is 1.37. The summed E-state index contributed by atoms with van der Waals surface area (Å²) in [6.07, 6.45) is -1.82. The van der Waals surface area contributed by atoms with E-state index in [0.717, 1.165) is 20.9 Å². The van der Waals surface area contributed by atoms with E-state index in [9.17, 15) is 9.59 Å². The van der Waals surface area contributed by atoms with Crippen molar-refractivity contribution in [3.05, 3.63) is 104 Å². The van der Waals surface area contributed by atoms with Gasteiger partial charge in [-0.05, 0) is 75.1 Å². The van der Waals surface area contributed by atoms with Crippen LogP contribution in [0.2, 0.25) is 0 Å². The third-order valence-corrected chi connectivity index (χ3v) is 8.41. The molecule has 4 rings (SSSR count). The van der Waals surface area contributed by atoms with Crippen LogP contribution >= 0.6 is 22.7 Å². The normalized spacial score (nSPS) is 13.9. The average Bonchev–Trinajstić information content (AvgIpc) is 3.73. The molecular weight excluding hydrogens is 572 g/mol. The van der Waals surface area contributed by atoms with Crippen molar-refractivity contribution in [1.29, 1.82) is 0 Å². The largest absolute Gasteiger partial charge is 0.485 e. The lowest BCUT2D eigenvalue weighted by Gasteiger charge is -2.25. The summed E-state index contributed by atoms with van der Waals surface area (Å²) in [5, 5.41) is 9.85. The minimum Gasteiger partial charge on any atom is -0.485 e. The molecule has 8 nitrogen and oxygen atoms in total. The van der Waals surface area contributed by atoms with E-state index in [1.165, 1.54) is 0 Å². The number of ether oxygens (including phenoxy) is 4. The Labute approximate surface area is 254 Å². The molecule has 222 valence electrons. The number of hydrogen-bond donors (Lipinski definition) is 2. The lowest BCUT2D eigenvalue weighted by atomic mass is 10.2. The predicted molar refractivity (Wildman–Crippen MR) is 165 cm³/mol. The molecule has 4 aromatic rings. The summed E-state index contributed by atoms with van der Waals surface area (Å²) in [6, 6.07) is 23.3. The summed E-state index contributed by atoms with van der Waals surface area (Å²) >= 11 is 3.09. The summed E-state index contributed by atoms with van der Waals surface area (Å²) in [5.41, 5.74) is 2.25. The van der Waals surface area contributed by atoms with Gasteiger partial charge >= 0.3 is 11.9 Å². The van der Waals surface area contributed by atoms with Gasteiger partial charge in [0.25, 0.3) is 0 Å². The molecule has 4 unspecified atom stereocenters. The smallest absolute Gasteiger partial charge is 0.419 e. The van der Waals surface area contributed by atoms with Crippen LogP contribution in [0.3, 0.4) is 0 Å². The van der Waals surface area contributed by atoms with Crippen LogP contribution in [-0.2, 0) is 19.1 Å². The van der Waals surface area contributed by atoms with Crippen LogP contribution in [0.5, 0.6) is 11.5 Å². The van der Waals surface area contributed by atoms with E-state index < -0.39 is 36.6 Å². The molecule has 2 aromatic heterocycles. The van der Waals surface area contributed by atoms with Crippen LogP contribution < -0.4 is 20.1 Å². The second kappa shape index (κ2) is 15.5. The minimum absolute atomic E-state index is 0.282. The first-order valence-electron chi connectivity index (χ1n) is 13.6. The zero-order valence-corrected chi connectivity index (χ0v) is 25.7. The number of esters is 2. The maximum Gasteiger partial charge on any atom is 0.419 e. The minimum atomic E-state index is -1.10. The number of thiophene rings is 2. The number of nitrogens with one attached hydrogen (secondary N) is 2. The molecule has 2 heterocycles. The predicted octanol–water partition coefficient (Wildman–Crippen LogP) is 6.32. The standard InChI is InChI=1S/C32H36N2O6S2/c1-21-9-13-23(14-10-21)37-25(27-7-5-17-41-27)19-29(33-3)39-31(35)32(36)40-30(34-4)20-26(28-8-6-18-42-28)38-24-15-11-22(2)12-16-24/h5-18,25-26,29-30,33-34H,19-20H2,1-4H3. The van der Waals surface area contributed by atoms with Gasteiger partial charge in [-0.25, -0.2) is 9.59 Å². The molecule has 0 aliphatic carbocycles. The molecule has 0 saturated carbocycles. The van der Waals surface area contributed by atoms with Crippen molar-refractivity contribution < 1.29 is 28.5 Å². The van der Waals surface area contributed by atoms with Gasteiger partial charge < -0.3 is 18.9 Å². The van der Waals surface area contributed by atoms with E-state index in [-0.39, 0.29) is 12.8 Å². The Morgan fingerprint density at radius 1 is 0.643 bits per heavy atom. The first-order valence-corrected chi connectivity index (χ1v) is 15.4. The summed E-state index contributed by atoms with van der Waals surface area (Å²) in [6.45, 7) is 4.02. The number of rotatable bonds is 14. The van der Waals surface area contributed by atoms with Crippen molar-refractivity contribution in [2.75, 3.05) is 14.1 Å². The Kier molecular flexibility index (Phi) is 11.5. The maximum atomic E-state index is 12.8. The molecule has 2 N–H and O–H groups in total. The van der Waals surface area contributed by atoms with E-state index in [1.54, 1.807) is 36.8 Å². The van der Waals surface area contributed by atoms with E-state index >= 15 is 0 Å². The van der Waals surface area contributed by atoms with E-state index in [1.807, 2.05) is 97.4 Å². The van der Waals surface area contributed by atoms with E-state index in [4.69, 9.17) is 18.9 Å². The van der Waals surface area contributed by atoms with Crippen LogP contribution in [0.1, 0.15) is 45.9 Å². The topological polar surface area (TPSA) is 95.1 Å². The SMILES string of the molecule is CNC(CC(Oc1ccc(C)cc1)c1cccs1)OC(=O)C(=O)OC(CC(Oc1ccc(C)cc1)c1cccs1)NC. The fourth-order valence-electron chi connectivity index (χ4n) is 4.15. The number of hydrogen-bond acceptors (Lipinski definition) is 10. The van der Waals surface area contributed by atoms with Gasteiger partial charge in [0.1, 0.15) is 23.7 Å². The Morgan fingerprint density at radius 2 is 1.02 bits per heavy atom. The zero-order valence-electron chi connectivity index (χ0n) is 24.1. The van der Waals surface area contributed by atoms with Gasteiger partial charge in [0.15, 0.2) is 12.5 Å². The molecule has 0 bridgehead atoms. The Bertz CT molecular complexity index is 1270. The lowest BCUT2D eigenvalue weighted by molar-refractivity contribution is -0.177. The van der Waals surface area contributed by atoms with Crippen LogP contribution in [0.4, 0.5) is 0 Å². The summed E-state index contributed by atoms with van der Waals surface area (Å²) in [5.74, 6) is -0.793. The monoisotopic (exact) mass is 608 g/mol. The van der Waals surface area contributed by atoms with E-state index in [2.05, 4.69) is 10.6 Å². The van der Waals surface area contributed by atoms with Crippen LogP contribution in [0.25, 0.3) is 0 Å². The van der Waals surface area contributed by atoms with Crippen molar-refractivity contribution in [2.45, 2.75) is 51.4 Å². The van der Waals surface area contributed by atoms with Gasteiger partial charge in [-0.3, -0.25) is 10.6 Å². The quantitative estimate of drug-likeness (QED) is 0.0975. The lowest BCUT2D eigenvalue weighted by Crippen LogP contribution is -2.39. The van der Waals surface area contributed by atoms with Crippen LogP contribution in [0, 0.1) is 13.8 Å². The van der Waals surface area contributed by atoms with Crippen molar-refractivity contribution >= 4 is 34.6 Å². The van der Waals surface area contributed by atoms with Gasteiger partial charge in [-0.15, -0.1) is 22.7 Å². The van der Waals surface area contributed by atoms with Crippen molar-refractivity contribution in [3.8, 4) is 11.5 Å². The second-order valence-corrected chi connectivity index (χ2v) is 11.7. The highest BCUT2D eigenvalue weighted by atomic mass is 32.1. The molecule has 4 atom stereocenters. The van der Waals surface area contributed by atoms with Gasteiger partial charge in [0.2, 0.25) is 0 Å². The first kappa shape index (κ1) is 31.2. The highest BCUT2D eigenvalue weighted by Gasteiger charge is 2.30.